The lowest BCUT2D eigenvalue weighted by Crippen LogP contribution is -2.45. The van der Waals surface area contributed by atoms with Crippen LogP contribution in [0.5, 0.6) is 11.5 Å². The molecule has 1 atom stereocenters. The van der Waals surface area contributed by atoms with Crippen molar-refractivity contribution in [2.75, 3.05) is 33.3 Å². The molecule has 2 N–H and O–H groups in total. The highest BCUT2D eigenvalue weighted by Gasteiger charge is 2.22. The number of phenolic OH excluding ortho intramolecular Hbond substituents is 1. The molecule has 19 heavy (non-hydrogen) atoms. The van der Waals surface area contributed by atoms with Crippen LogP contribution in [0, 0.1) is 0 Å². The summed E-state index contributed by atoms with van der Waals surface area (Å²) >= 11 is 6.08. The molecule has 0 amide bonds. The van der Waals surface area contributed by atoms with Crippen molar-refractivity contribution in [2.45, 2.75) is 19.4 Å². The molecule has 0 saturated carbocycles. The Bertz CT molecular complexity index is 434. The van der Waals surface area contributed by atoms with Crippen LogP contribution in [0.25, 0.3) is 0 Å². The Morgan fingerprint density at radius 3 is 2.68 bits per heavy atom. The molecule has 0 spiro atoms. The van der Waals surface area contributed by atoms with Crippen LogP contribution >= 0.6 is 11.6 Å². The summed E-state index contributed by atoms with van der Waals surface area (Å²) in [6, 6.07) is 4.04. The maximum Gasteiger partial charge on any atom is 0.176 e. The number of phenols is 1. The molecule has 1 saturated heterocycles. The lowest BCUT2D eigenvalue weighted by molar-refractivity contribution is 0.169. The minimum absolute atomic E-state index is 0.0167. The van der Waals surface area contributed by atoms with Crippen molar-refractivity contribution >= 4 is 11.6 Å². The number of rotatable bonds is 4. The summed E-state index contributed by atoms with van der Waals surface area (Å²) in [5.41, 5.74) is 1.10. The van der Waals surface area contributed by atoms with Crippen LogP contribution < -0.4 is 10.1 Å². The van der Waals surface area contributed by atoms with Crippen LogP contribution in [0.1, 0.15) is 24.9 Å². The molecule has 2 rings (SSSR count). The van der Waals surface area contributed by atoms with E-state index in [1.807, 2.05) is 12.1 Å². The number of hydrogen-bond donors (Lipinski definition) is 2. The van der Waals surface area contributed by atoms with Gasteiger partial charge in [-0.1, -0.05) is 18.5 Å². The van der Waals surface area contributed by atoms with Crippen molar-refractivity contribution < 1.29 is 9.84 Å². The summed E-state index contributed by atoms with van der Waals surface area (Å²) in [4.78, 5) is 2.44. The molecule has 1 aromatic rings. The van der Waals surface area contributed by atoms with Gasteiger partial charge in [-0.05, 0) is 24.1 Å². The van der Waals surface area contributed by atoms with Crippen LogP contribution in [-0.4, -0.2) is 43.3 Å². The second kappa shape index (κ2) is 6.46. The van der Waals surface area contributed by atoms with E-state index < -0.39 is 0 Å². The van der Waals surface area contributed by atoms with Crippen LogP contribution in [0.3, 0.4) is 0 Å². The van der Waals surface area contributed by atoms with E-state index in [1.54, 1.807) is 7.11 Å². The van der Waals surface area contributed by atoms with Crippen molar-refractivity contribution in [3.05, 3.63) is 22.7 Å². The van der Waals surface area contributed by atoms with Crippen molar-refractivity contribution in [3.63, 3.8) is 0 Å². The quantitative estimate of drug-likeness (QED) is 0.891. The summed E-state index contributed by atoms with van der Waals surface area (Å²) in [5.74, 6) is 0.458. The molecule has 0 aliphatic carbocycles. The predicted molar refractivity (Wildman–Crippen MR) is 77.1 cm³/mol. The summed E-state index contributed by atoms with van der Waals surface area (Å²) in [6.45, 7) is 6.25. The fourth-order valence-corrected chi connectivity index (χ4v) is 2.86. The van der Waals surface area contributed by atoms with Crippen LogP contribution in [0.15, 0.2) is 12.1 Å². The van der Waals surface area contributed by atoms with E-state index in [0.717, 1.165) is 38.2 Å². The largest absolute Gasteiger partial charge is 0.503 e. The number of nitrogens with one attached hydrogen (secondary N) is 1. The first-order chi connectivity index (χ1) is 9.17. The van der Waals surface area contributed by atoms with Gasteiger partial charge < -0.3 is 15.2 Å². The highest BCUT2D eigenvalue weighted by molar-refractivity contribution is 6.32. The summed E-state index contributed by atoms with van der Waals surface area (Å²) in [7, 11) is 1.54. The van der Waals surface area contributed by atoms with E-state index in [2.05, 4.69) is 17.1 Å². The number of nitrogens with zero attached hydrogens (tertiary/aromatic N) is 1. The number of ether oxygens (including phenoxy) is 1. The van der Waals surface area contributed by atoms with Gasteiger partial charge in [0, 0.05) is 32.2 Å². The highest BCUT2D eigenvalue weighted by atomic mass is 35.5. The normalized spacial score (nSPS) is 18.3. The molecule has 1 aliphatic heterocycles. The van der Waals surface area contributed by atoms with Gasteiger partial charge in [-0.2, -0.15) is 0 Å². The molecule has 1 aromatic carbocycles. The number of piperazine rings is 1. The Hall–Kier alpha value is -0.970. The van der Waals surface area contributed by atoms with Gasteiger partial charge in [-0.25, -0.2) is 0 Å². The fourth-order valence-electron chi connectivity index (χ4n) is 2.64. The smallest absolute Gasteiger partial charge is 0.176 e. The first-order valence-electron chi connectivity index (χ1n) is 6.68. The lowest BCUT2D eigenvalue weighted by atomic mass is 10.0. The van der Waals surface area contributed by atoms with E-state index in [1.165, 1.54) is 0 Å². The van der Waals surface area contributed by atoms with E-state index in [-0.39, 0.29) is 5.75 Å². The summed E-state index contributed by atoms with van der Waals surface area (Å²) in [6.07, 6.45) is 1.00. The van der Waals surface area contributed by atoms with Crippen LogP contribution in [0.2, 0.25) is 5.02 Å². The molecule has 1 aliphatic rings. The predicted octanol–water partition coefficient (Wildman–Crippen LogP) is 2.41. The summed E-state index contributed by atoms with van der Waals surface area (Å²) < 4.78 is 5.18. The number of aromatic hydroxyl groups is 1. The monoisotopic (exact) mass is 284 g/mol. The minimum Gasteiger partial charge on any atom is -0.503 e. The zero-order valence-corrected chi connectivity index (χ0v) is 12.2. The number of benzene rings is 1. The second-order valence-electron chi connectivity index (χ2n) is 4.76. The SMILES string of the molecule is CC[C@@H](c1cc(Cl)c(O)c(OC)c1)N1CCNCC1. The topological polar surface area (TPSA) is 44.7 Å². The van der Waals surface area contributed by atoms with Gasteiger partial charge in [-0.3, -0.25) is 4.90 Å². The fraction of sp³-hybridized carbons (Fsp3) is 0.571. The number of hydrogen-bond acceptors (Lipinski definition) is 4. The standard InChI is InChI=1S/C14H21ClN2O2/c1-3-12(17-6-4-16-5-7-17)10-8-11(15)14(18)13(9-10)19-2/h8-9,12,16,18H,3-7H2,1-2H3/t12-/m0/s1. The van der Waals surface area contributed by atoms with Crippen molar-refractivity contribution in [1.82, 2.24) is 10.2 Å². The van der Waals surface area contributed by atoms with E-state index >= 15 is 0 Å². The second-order valence-corrected chi connectivity index (χ2v) is 5.17. The molecule has 0 unspecified atom stereocenters. The molecule has 1 fully saturated rings. The molecule has 1 heterocycles. The highest BCUT2D eigenvalue weighted by Crippen LogP contribution is 2.38. The minimum atomic E-state index is 0.0167. The van der Waals surface area contributed by atoms with Gasteiger partial charge in [0.1, 0.15) is 0 Å². The van der Waals surface area contributed by atoms with Gasteiger partial charge in [-0.15, -0.1) is 0 Å². The maximum absolute atomic E-state index is 9.81. The Labute approximate surface area is 119 Å². The van der Waals surface area contributed by atoms with Crippen LogP contribution in [-0.2, 0) is 0 Å². The summed E-state index contributed by atoms with van der Waals surface area (Å²) in [5, 5.41) is 13.5. The molecular formula is C14H21ClN2O2. The average molecular weight is 285 g/mol. The van der Waals surface area contributed by atoms with Gasteiger partial charge in [0.25, 0.3) is 0 Å². The van der Waals surface area contributed by atoms with E-state index in [0.29, 0.717) is 16.8 Å². The third-order valence-corrected chi connectivity index (χ3v) is 3.92. The van der Waals surface area contributed by atoms with Gasteiger partial charge >= 0.3 is 0 Å². The lowest BCUT2D eigenvalue weighted by Gasteiger charge is -2.35. The van der Waals surface area contributed by atoms with Crippen molar-refractivity contribution in [2.24, 2.45) is 0 Å². The van der Waals surface area contributed by atoms with Crippen LogP contribution in [0.4, 0.5) is 0 Å². The Kier molecular flexibility index (Phi) is 4.91. The first-order valence-corrected chi connectivity index (χ1v) is 7.06. The van der Waals surface area contributed by atoms with E-state index in [4.69, 9.17) is 16.3 Å². The zero-order valence-electron chi connectivity index (χ0n) is 11.4. The van der Waals surface area contributed by atoms with Gasteiger partial charge in [0.2, 0.25) is 0 Å². The molecule has 0 bridgehead atoms. The van der Waals surface area contributed by atoms with E-state index in [9.17, 15) is 5.11 Å². The van der Waals surface area contributed by atoms with Gasteiger partial charge in [0.05, 0.1) is 12.1 Å². The van der Waals surface area contributed by atoms with Crippen molar-refractivity contribution in [3.8, 4) is 11.5 Å². The van der Waals surface area contributed by atoms with Gasteiger partial charge in [0.15, 0.2) is 11.5 Å². The average Bonchev–Trinajstić information content (AvgIpc) is 2.44. The zero-order chi connectivity index (χ0) is 13.8. The Morgan fingerprint density at radius 1 is 1.42 bits per heavy atom. The Morgan fingerprint density at radius 2 is 2.11 bits per heavy atom. The molecule has 4 nitrogen and oxygen atoms in total. The molecule has 5 heteroatoms. The third-order valence-electron chi connectivity index (χ3n) is 3.63. The molecule has 0 aromatic heterocycles. The van der Waals surface area contributed by atoms with Crippen molar-refractivity contribution in [1.29, 1.82) is 0 Å². The first kappa shape index (κ1) is 14.4. The number of methoxy groups -OCH3 is 1. The molecule has 0 radical (unpaired) electrons. The molecular weight excluding hydrogens is 264 g/mol. The molecule has 106 valence electrons. The number of halogens is 1. The third kappa shape index (κ3) is 3.14. The Balaban J connectivity index is 2.29. The maximum atomic E-state index is 9.81.